The van der Waals surface area contributed by atoms with Crippen LogP contribution in [0.1, 0.15) is 30.4 Å². The molecular formula is C14H19N5O. The number of nitrogens with one attached hydrogen (secondary N) is 1. The highest BCUT2D eigenvalue weighted by Crippen LogP contribution is 2.04. The van der Waals surface area contributed by atoms with Crippen LogP contribution in [0.15, 0.2) is 23.3 Å². The van der Waals surface area contributed by atoms with E-state index in [1.165, 1.54) is 0 Å². The van der Waals surface area contributed by atoms with Crippen LogP contribution in [0.25, 0.3) is 0 Å². The van der Waals surface area contributed by atoms with Gasteiger partial charge in [-0.25, -0.2) is 9.78 Å². The molecule has 0 spiro atoms. The Morgan fingerprint density at radius 3 is 2.65 bits per heavy atom. The second-order valence-electron chi connectivity index (χ2n) is 4.73. The number of aromatic nitrogens is 4. The molecule has 0 aliphatic carbocycles. The van der Waals surface area contributed by atoms with Crippen LogP contribution < -0.4 is 11.0 Å². The normalized spacial score (nSPS) is 10.6. The largest absolute Gasteiger partial charge is 0.369 e. The van der Waals surface area contributed by atoms with Crippen molar-refractivity contribution in [3.63, 3.8) is 0 Å². The van der Waals surface area contributed by atoms with Crippen LogP contribution in [-0.2, 0) is 6.54 Å². The summed E-state index contributed by atoms with van der Waals surface area (Å²) < 4.78 is 1.59. The minimum absolute atomic E-state index is 0.252. The van der Waals surface area contributed by atoms with Crippen molar-refractivity contribution in [2.24, 2.45) is 0 Å². The molecule has 0 saturated carbocycles. The van der Waals surface area contributed by atoms with Crippen LogP contribution in [-0.4, -0.2) is 26.1 Å². The third-order valence-corrected chi connectivity index (χ3v) is 2.93. The summed E-state index contributed by atoms with van der Waals surface area (Å²) in [4.78, 5) is 24.4. The summed E-state index contributed by atoms with van der Waals surface area (Å²) >= 11 is 0. The molecular weight excluding hydrogens is 254 g/mol. The van der Waals surface area contributed by atoms with Gasteiger partial charge in [-0.3, -0.25) is 9.55 Å². The van der Waals surface area contributed by atoms with Gasteiger partial charge in [0, 0.05) is 17.9 Å². The summed E-state index contributed by atoms with van der Waals surface area (Å²) in [6.45, 7) is 7.05. The first-order chi connectivity index (χ1) is 9.60. The van der Waals surface area contributed by atoms with Crippen molar-refractivity contribution >= 4 is 5.82 Å². The van der Waals surface area contributed by atoms with Crippen molar-refractivity contribution in [2.45, 2.75) is 33.7 Å². The Balaban J connectivity index is 2.16. The lowest BCUT2D eigenvalue weighted by Gasteiger charge is -2.09. The van der Waals surface area contributed by atoms with Crippen molar-refractivity contribution in [3.8, 4) is 0 Å². The predicted octanol–water partition coefficient (Wildman–Crippen LogP) is 1.52. The summed E-state index contributed by atoms with van der Waals surface area (Å²) in [6.07, 6.45) is 4.41. The monoisotopic (exact) mass is 273 g/mol. The molecule has 0 aliphatic heterocycles. The maximum absolute atomic E-state index is 11.9. The van der Waals surface area contributed by atoms with Crippen molar-refractivity contribution in [3.05, 3.63) is 46.0 Å². The lowest BCUT2D eigenvalue weighted by Crippen LogP contribution is -2.26. The van der Waals surface area contributed by atoms with Crippen molar-refractivity contribution < 1.29 is 0 Å². The second kappa shape index (κ2) is 6.27. The fourth-order valence-electron chi connectivity index (χ4n) is 1.91. The molecule has 0 saturated heterocycles. The molecule has 0 atom stereocenters. The molecule has 2 heterocycles. The second-order valence-corrected chi connectivity index (χ2v) is 4.73. The van der Waals surface area contributed by atoms with E-state index in [2.05, 4.69) is 27.2 Å². The lowest BCUT2D eigenvalue weighted by molar-refractivity contribution is 0.678. The zero-order valence-corrected chi connectivity index (χ0v) is 12.1. The molecule has 2 aromatic rings. The molecule has 2 aromatic heterocycles. The maximum Gasteiger partial charge on any atom is 0.348 e. The highest BCUT2D eigenvalue weighted by Gasteiger charge is 2.05. The Hall–Kier alpha value is -2.24. The summed E-state index contributed by atoms with van der Waals surface area (Å²) in [5.41, 5.74) is 2.09. The first-order valence-electron chi connectivity index (χ1n) is 6.70. The van der Waals surface area contributed by atoms with Gasteiger partial charge in [-0.15, -0.1) is 0 Å². The third-order valence-electron chi connectivity index (χ3n) is 2.93. The molecule has 6 nitrogen and oxygen atoms in total. The van der Waals surface area contributed by atoms with Crippen molar-refractivity contribution in [1.82, 2.24) is 19.5 Å². The van der Waals surface area contributed by atoms with E-state index in [9.17, 15) is 4.79 Å². The van der Waals surface area contributed by atoms with Gasteiger partial charge >= 0.3 is 5.69 Å². The van der Waals surface area contributed by atoms with Gasteiger partial charge in [-0.05, 0) is 26.3 Å². The fraction of sp³-hybridized carbons (Fsp3) is 0.429. The van der Waals surface area contributed by atoms with Gasteiger partial charge in [0.1, 0.15) is 5.82 Å². The molecule has 0 unspecified atom stereocenters. The molecule has 1 N–H and O–H groups in total. The van der Waals surface area contributed by atoms with Gasteiger partial charge in [0.15, 0.2) is 0 Å². The Morgan fingerprint density at radius 2 is 2.05 bits per heavy atom. The third kappa shape index (κ3) is 3.40. The highest BCUT2D eigenvalue weighted by atomic mass is 16.1. The Kier molecular flexibility index (Phi) is 4.45. The Bertz CT molecular complexity index is 633. The minimum atomic E-state index is -0.252. The lowest BCUT2D eigenvalue weighted by atomic mass is 10.3. The first-order valence-corrected chi connectivity index (χ1v) is 6.70. The predicted molar refractivity (Wildman–Crippen MR) is 77.9 cm³/mol. The van der Waals surface area contributed by atoms with E-state index in [0.29, 0.717) is 6.54 Å². The van der Waals surface area contributed by atoms with Crippen LogP contribution in [0.3, 0.4) is 0 Å². The number of hydrogen-bond acceptors (Lipinski definition) is 5. The number of aryl methyl sites for hydroxylation is 2. The summed E-state index contributed by atoms with van der Waals surface area (Å²) in [5, 5.41) is 3.16. The van der Waals surface area contributed by atoms with Gasteiger partial charge in [0.25, 0.3) is 0 Å². The van der Waals surface area contributed by atoms with Crippen molar-refractivity contribution in [1.29, 1.82) is 0 Å². The average molecular weight is 273 g/mol. The van der Waals surface area contributed by atoms with E-state index in [1.54, 1.807) is 17.0 Å². The maximum atomic E-state index is 11.9. The van der Waals surface area contributed by atoms with Crippen LogP contribution in [0, 0.1) is 13.8 Å². The summed E-state index contributed by atoms with van der Waals surface area (Å²) in [6, 6.07) is 1.88. The number of rotatable bonds is 5. The fourth-order valence-corrected chi connectivity index (χ4v) is 1.91. The average Bonchev–Trinajstić information content (AvgIpc) is 2.42. The quantitative estimate of drug-likeness (QED) is 0.894. The first kappa shape index (κ1) is 14.2. The standard InChI is InChI=1S/C14H19N5O/c1-4-5-15-13-8-16-12(7-17-13)9-19-11(3)6-10(2)18-14(19)20/h6-8H,4-5,9H2,1-3H3,(H,15,17). The zero-order chi connectivity index (χ0) is 14.5. The summed E-state index contributed by atoms with van der Waals surface area (Å²) in [5.74, 6) is 0.752. The minimum Gasteiger partial charge on any atom is -0.369 e. The SMILES string of the molecule is CCCNc1cnc(Cn2c(C)cc(C)nc2=O)cn1. The van der Waals surface area contributed by atoms with E-state index in [4.69, 9.17) is 0 Å². The topological polar surface area (TPSA) is 72.7 Å². The molecule has 0 aliphatic rings. The van der Waals surface area contributed by atoms with Gasteiger partial charge in [0.05, 0.1) is 24.6 Å². The molecule has 0 bridgehead atoms. The van der Waals surface area contributed by atoms with E-state index in [-0.39, 0.29) is 5.69 Å². The van der Waals surface area contributed by atoms with Crippen molar-refractivity contribution in [2.75, 3.05) is 11.9 Å². The molecule has 2 rings (SSSR count). The summed E-state index contributed by atoms with van der Waals surface area (Å²) in [7, 11) is 0. The molecule has 0 aromatic carbocycles. The van der Waals surface area contributed by atoms with E-state index in [0.717, 1.165) is 35.9 Å². The number of nitrogens with zero attached hydrogens (tertiary/aromatic N) is 4. The Labute approximate surface area is 117 Å². The van der Waals surface area contributed by atoms with Gasteiger partial charge in [-0.2, -0.15) is 4.98 Å². The van der Waals surface area contributed by atoms with Crippen LogP contribution >= 0.6 is 0 Å². The molecule has 20 heavy (non-hydrogen) atoms. The van der Waals surface area contributed by atoms with E-state index < -0.39 is 0 Å². The van der Waals surface area contributed by atoms with E-state index >= 15 is 0 Å². The molecule has 6 heteroatoms. The van der Waals surface area contributed by atoms with Gasteiger partial charge < -0.3 is 5.32 Å². The van der Waals surface area contributed by atoms with E-state index in [1.807, 2.05) is 19.9 Å². The highest BCUT2D eigenvalue weighted by molar-refractivity contribution is 5.30. The molecule has 0 radical (unpaired) electrons. The van der Waals surface area contributed by atoms with Crippen LogP contribution in [0.4, 0.5) is 5.82 Å². The molecule has 0 fully saturated rings. The molecule has 106 valence electrons. The van der Waals surface area contributed by atoms with Gasteiger partial charge in [-0.1, -0.05) is 6.92 Å². The zero-order valence-electron chi connectivity index (χ0n) is 12.1. The van der Waals surface area contributed by atoms with Crippen LogP contribution in [0.2, 0.25) is 0 Å². The number of hydrogen-bond donors (Lipinski definition) is 1. The van der Waals surface area contributed by atoms with Gasteiger partial charge in [0.2, 0.25) is 0 Å². The number of anilines is 1. The molecule has 0 amide bonds. The van der Waals surface area contributed by atoms with Crippen LogP contribution in [0.5, 0.6) is 0 Å². The Morgan fingerprint density at radius 1 is 1.25 bits per heavy atom. The smallest absolute Gasteiger partial charge is 0.348 e.